The van der Waals surface area contributed by atoms with Crippen LogP contribution in [-0.4, -0.2) is 112 Å². The smallest absolute Gasteiger partial charge is 0.253 e. The average Bonchev–Trinajstić information content (AvgIpc) is 3.49. The van der Waals surface area contributed by atoms with Gasteiger partial charge in [-0.25, -0.2) is 16.8 Å². The Hall–Kier alpha value is -5.92. The van der Waals surface area contributed by atoms with Gasteiger partial charge in [0.05, 0.1) is 65.6 Å². The van der Waals surface area contributed by atoms with Gasteiger partial charge in [-0.3, -0.25) is 19.2 Å². The van der Waals surface area contributed by atoms with E-state index in [0.717, 1.165) is 24.1 Å². The molecule has 10 rings (SSSR count). The molecule has 6 aromatic rings. The Morgan fingerprint density at radius 3 is 1.46 bits per heavy atom. The van der Waals surface area contributed by atoms with Crippen LogP contribution in [0.4, 0.5) is 28.4 Å². The van der Waals surface area contributed by atoms with Crippen molar-refractivity contribution < 1.29 is 36.5 Å². The number of halogens is 2. The van der Waals surface area contributed by atoms with Gasteiger partial charge in [-0.2, -0.15) is 8.61 Å². The highest BCUT2D eigenvalue weighted by atomic mass is 35.5. The Kier molecular flexibility index (Phi) is 18.6. The molecule has 4 heterocycles. The fraction of sp³-hybridized carbons (Fsp3) is 0.418. The summed E-state index contributed by atoms with van der Waals surface area (Å²) in [5, 5.41) is 36.9. The highest BCUT2D eigenvalue weighted by Gasteiger charge is 2.43. The van der Waals surface area contributed by atoms with E-state index in [2.05, 4.69) is 26.6 Å². The minimum Gasteiger partial charge on any atom is -0.504 e. The van der Waals surface area contributed by atoms with E-state index in [4.69, 9.17) is 38.4 Å². The van der Waals surface area contributed by atoms with Crippen LogP contribution in [0.15, 0.2) is 114 Å². The lowest BCUT2D eigenvalue weighted by molar-refractivity contribution is 0.00455. The van der Waals surface area contributed by atoms with Crippen LogP contribution in [0.25, 0.3) is 0 Å². The summed E-state index contributed by atoms with van der Waals surface area (Å²) in [6.45, 7) is 10.7. The SMILES string of the molecule is CC[C@@H](Nc1c(C)c(=O)c1=O)c1ccccc1.CC[C@@H](Nc1c(Nc2ccc(Cl)c(S(=O)(=O)N3CCC4(CC3)COCCN4)c2O)c(=O)c1=O)c1ccccc1.Nc1ccc(Cl)c(S(=O)(=O)N2CCC3(CC2)COCCN3)c1O. The van der Waals surface area contributed by atoms with Crippen molar-refractivity contribution in [1.29, 1.82) is 0 Å². The highest BCUT2D eigenvalue weighted by Crippen LogP contribution is 2.42. The average molecular weight is 1170 g/mol. The maximum atomic E-state index is 13.6. The molecule has 4 aliphatic heterocycles. The van der Waals surface area contributed by atoms with Crippen LogP contribution in [0, 0.1) is 6.92 Å². The standard InChI is InChI=1S/C27H31ClN4O6S.C14H20ClN3O4S.C14H15NO2/c1-2-19(17-6-4-3-5-7-17)30-21-22(25(35)24(21)34)31-20-9-8-18(28)26(23(20)33)39(36,37)32-13-10-27(11-14-32)16-38-15-12-29-27;15-10-1-2-11(16)12(19)13(10)23(20,21)18-6-3-14(4-7-18)9-22-8-5-17-14;1-3-11(10-7-5-4-6-8-10)15-12-9(2)13(16)14(12)17/h3-9,19,29-31,33H,2,10-16H2,1H3;1-2,17,19H,3-9,16H2;4-8,11,15H,3H2,1-2H3/t19-;;11-/m1.1/s1. The third-order valence-corrected chi connectivity index (χ3v) is 20.0. The molecule has 0 radical (unpaired) electrons. The monoisotopic (exact) mass is 1160 g/mol. The Balaban J connectivity index is 0.000000173. The molecule has 0 bridgehead atoms. The van der Waals surface area contributed by atoms with E-state index in [1.807, 2.05) is 74.5 Å². The number of nitrogens with two attached hydrogens (primary N) is 1. The lowest BCUT2D eigenvalue weighted by atomic mass is 9.88. The number of benzene rings is 4. The molecule has 424 valence electrons. The third kappa shape index (κ3) is 12.5. The van der Waals surface area contributed by atoms with E-state index in [-0.39, 0.29) is 79.4 Å². The van der Waals surface area contributed by atoms with Gasteiger partial charge in [-0.15, -0.1) is 0 Å². The normalized spacial score (nSPS) is 18.4. The minimum absolute atomic E-state index is 0.0104. The number of phenolic OH excluding ortho intramolecular Hbond substituents is 2. The zero-order chi connectivity index (χ0) is 56.9. The molecule has 9 N–H and O–H groups in total. The van der Waals surface area contributed by atoms with Gasteiger partial charge in [0.15, 0.2) is 11.5 Å². The number of nitrogen functional groups attached to an aromatic ring is 1. The van der Waals surface area contributed by atoms with Gasteiger partial charge in [-0.1, -0.05) is 97.7 Å². The van der Waals surface area contributed by atoms with E-state index in [1.165, 1.54) is 32.9 Å². The first-order chi connectivity index (χ1) is 37.7. The van der Waals surface area contributed by atoms with E-state index >= 15 is 0 Å². The van der Waals surface area contributed by atoms with Crippen molar-refractivity contribution in [3.05, 3.63) is 153 Å². The zero-order valence-corrected chi connectivity index (χ0v) is 47.2. The Labute approximate surface area is 468 Å². The second-order valence-electron chi connectivity index (χ2n) is 20.1. The number of ether oxygens (including phenoxy) is 2. The van der Waals surface area contributed by atoms with Gasteiger partial charge >= 0.3 is 0 Å². The Morgan fingerprint density at radius 2 is 1.03 bits per heavy atom. The van der Waals surface area contributed by atoms with Crippen molar-refractivity contribution in [3.8, 4) is 11.5 Å². The topological polar surface area (TPSA) is 288 Å². The predicted molar refractivity (Wildman–Crippen MR) is 307 cm³/mol. The number of nitrogens with one attached hydrogen (secondary N) is 5. The molecule has 0 amide bonds. The molecule has 4 saturated heterocycles. The summed E-state index contributed by atoms with van der Waals surface area (Å²) >= 11 is 12.3. The molecule has 0 saturated carbocycles. The number of phenols is 2. The maximum Gasteiger partial charge on any atom is 0.253 e. The van der Waals surface area contributed by atoms with Crippen molar-refractivity contribution in [1.82, 2.24) is 19.2 Å². The summed E-state index contributed by atoms with van der Waals surface area (Å²) in [5.41, 5.74) is 6.06. The second-order valence-corrected chi connectivity index (χ2v) is 24.7. The largest absolute Gasteiger partial charge is 0.504 e. The van der Waals surface area contributed by atoms with Gasteiger partial charge in [0.2, 0.25) is 30.9 Å². The van der Waals surface area contributed by atoms with E-state index < -0.39 is 52.7 Å². The molecule has 4 aliphatic rings. The number of sulfonamides is 2. The Bertz CT molecular complexity index is 3490. The van der Waals surface area contributed by atoms with Crippen LogP contribution in [0.2, 0.25) is 10.0 Å². The van der Waals surface area contributed by atoms with Crippen molar-refractivity contribution >= 4 is 71.7 Å². The van der Waals surface area contributed by atoms with Crippen LogP contribution < -0.4 is 54.0 Å². The molecular formula is C55H66Cl2N8O12S2. The number of aromatic hydroxyl groups is 2. The first-order valence-electron chi connectivity index (χ1n) is 26.1. The number of hydrogen-bond acceptors (Lipinski definition) is 18. The lowest BCUT2D eigenvalue weighted by Gasteiger charge is -2.44. The number of rotatable bonds is 14. The van der Waals surface area contributed by atoms with Gasteiger partial charge in [0, 0.05) is 55.9 Å². The van der Waals surface area contributed by atoms with E-state index in [0.29, 0.717) is 89.4 Å². The summed E-state index contributed by atoms with van der Waals surface area (Å²) in [6.07, 6.45) is 3.92. The van der Waals surface area contributed by atoms with E-state index in [9.17, 15) is 46.2 Å². The van der Waals surface area contributed by atoms with Crippen LogP contribution >= 0.6 is 23.2 Å². The van der Waals surface area contributed by atoms with Gasteiger partial charge in [-0.05, 0) is 80.8 Å². The van der Waals surface area contributed by atoms with E-state index in [1.54, 1.807) is 6.92 Å². The maximum absolute atomic E-state index is 13.6. The molecule has 4 fully saturated rings. The highest BCUT2D eigenvalue weighted by molar-refractivity contribution is 7.89. The summed E-state index contributed by atoms with van der Waals surface area (Å²) in [4.78, 5) is 46.7. The third-order valence-electron chi connectivity index (χ3n) is 15.2. The van der Waals surface area contributed by atoms with Crippen LogP contribution in [0.3, 0.4) is 0 Å². The number of nitrogens with zero attached hydrogens (tertiary/aromatic N) is 2. The minimum atomic E-state index is -4.16. The molecule has 79 heavy (non-hydrogen) atoms. The molecule has 0 aromatic heterocycles. The summed E-state index contributed by atoms with van der Waals surface area (Å²) < 4.78 is 66.6. The van der Waals surface area contributed by atoms with Crippen LogP contribution in [0.1, 0.15) is 81.1 Å². The fourth-order valence-corrected chi connectivity index (χ4v) is 14.4. The molecule has 0 aliphatic carbocycles. The molecule has 20 nitrogen and oxygen atoms in total. The van der Waals surface area contributed by atoms with Gasteiger partial charge < -0.3 is 52.0 Å². The quantitative estimate of drug-likeness (QED) is 0.0352. The van der Waals surface area contributed by atoms with Crippen LogP contribution in [-0.2, 0) is 29.5 Å². The fourth-order valence-electron chi connectivity index (χ4n) is 10.3. The molecule has 2 atom stereocenters. The number of anilines is 5. The van der Waals surface area contributed by atoms with Crippen molar-refractivity contribution in [2.24, 2.45) is 0 Å². The van der Waals surface area contributed by atoms with Crippen LogP contribution in [0.5, 0.6) is 11.5 Å². The lowest BCUT2D eigenvalue weighted by Crippen LogP contribution is -2.60. The van der Waals surface area contributed by atoms with Crippen molar-refractivity contribution in [2.75, 3.05) is 87.4 Å². The number of piperidine rings is 2. The number of morpholine rings is 2. The Morgan fingerprint density at radius 1 is 0.608 bits per heavy atom. The molecule has 6 aromatic carbocycles. The predicted octanol–water partition coefficient (Wildman–Crippen LogP) is 6.02. The second kappa shape index (κ2) is 24.8. The first kappa shape index (κ1) is 59.2. The molecule has 24 heteroatoms. The first-order valence-corrected chi connectivity index (χ1v) is 29.8. The molecule has 2 spiro atoms. The van der Waals surface area contributed by atoms with Gasteiger partial charge in [0.25, 0.3) is 10.9 Å². The van der Waals surface area contributed by atoms with Gasteiger partial charge in [0.1, 0.15) is 21.2 Å². The summed E-state index contributed by atoms with van der Waals surface area (Å²) in [5.74, 6) is -1.10. The van der Waals surface area contributed by atoms with Crippen molar-refractivity contribution in [3.63, 3.8) is 0 Å². The molecular weight excluding hydrogens is 1100 g/mol. The summed E-state index contributed by atoms with van der Waals surface area (Å²) in [6, 6.07) is 24.8. The summed E-state index contributed by atoms with van der Waals surface area (Å²) in [7, 11) is -8.06. The number of hydrogen-bond donors (Lipinski definition) is 8. The van der Waals surface area contributed by atoms with Crippen molar-refractivity contribution in [2.45, 2.75) is 92.2 Å². The molecule has 0 unspecified atom stereocenters. The zero-order valence-electron chi connectivity index (χ0n) is 44.1.